The fourth-order valence-electron chi connectivity index (χ4n) is 4.02. The summed E-state index contributed by atoms with van der Waals surface area (Å²) in [5.41, 5.74) is 4.36. The number of hydrazine groups is 1. The summed E-state index contributed by atoms with van der Waals surface area (Å²) in [5, 5.41) is 4.68. The van der Waals surface area contributed by atoms with Gasteiger partial charge in [0.05, 0.1) is 40.2 Å². The van der Waals surface area contributed by atoms with Crippen LogP contribution < -0.4 is 0 Å². The molecule has 0 radical (unpaired) electrons. The third-order valence-electron chi connectivity index (χ3n) is 5.59. The highest BCUT2D eigenvalue weighted by molar-refractivity contribution is 6.43. The monoisotopic (exact) mass is 469 g/mol. The second-order valence-corrected chi connectivity index (χ2v) is 8.35. The Morgan fingerprint density at radius 1 is 1.06 bits per heavy atom. The Kier molecular flexibility index (Phi) is 7.11. The van der Waals surface area contributed by atoms with E-state index in [1.54, 1.807) is 11.1 Å². The second-order valence-electron chi connectivity index (χ2n) is 7.57. The van der Waals surface area contributed by atoms with Gasteiger partial charge in [-0.15, -0.1) is 0 Å². The van der Waals surface area contributed by atoms with Crippen molar-refractivity contribution in [2.45, 2.75) is 13.8 Å². The van der Waals surface area contributed by atoms with E-state index in [1.165, 1.54) is 0 Å². The molecule has 2 aromatic carbocycles. The molecule has 1 amide bonds. The molecule has 0 N–H and O–H groups in total. The molecule has 0 bridgehead atoms. The Morgan fingerprint density at radius 3 is 2.47 bits per heavy atom. The maximum atomic E-state index is 13.9. The minimum atomic E-state index is -0.106. The molecule has 4 rings (SSSR count). The minimum absolute atomic E-state index is 0.106. The smallest absolute Gasteiger partial charge is 0.270 e. The molecule has 0 saturated carbocycles. The molecule has 166 valence electrons. The lowest BCUT2D eigenvalue weighted by atomic mass is 9.95. The lowest BCUT2D eigenvalue weighted by Gasteiger charge is -2.37. The van der Waals surface area contributed by atoms with Gasteiger partial charge in [-0.3, -0.25) is 14.8 Å². The lowest BCUT2D eigenvalue weighted by molar-refractivity contribution is -0.0675. The summed E-state index contributed by atoms with van der Waals surface area (Å²) < 4.78 is 5.47. The number of morpholine rings is 1. The van der Waals surface area contributed by atoms with Crippen molar-refractivity contribution in [2.24, 2.45) is 0 Å². The van der Waals surface area contributed by atoms with Crippen LogP contribution in [0.5, 0.6) is 0 Å². The van der Waals surface area contributed by atoms with Gasteiger partial charge in [0.2, 0.25) is 0 Å². The summed E-state index contributed by atoms with van der Waals surface area (Å²) in [4.78, 5) is 18.7. The number of aryl methyl sites for hydroxylation is 1. The van der Waals surface area contributed by atoms with Crippen LogP contribution in [0.25, 0.3) is 22.4 Å². The molecule has 0 spiro atoms. The summed E-state index contributed by atoms with van der Waals surface area (Å²) in [6, 6.07) is 17.3. The molecule has 1 fully saturated rings. The lowest BCUT2D eigenvalue weighted by Crippen LogP contribution is -2.51. The SMILES string of the molecule is CCN(C(=O)c1c(-c2cccc(Cl)c2Cl)cc(-c2ccccc2)nc1C)N1CCOCC1. The normalized spacial score (nSPS) is 14.4. The first-order valence-electron chi connectivity index (χ1n) is 10.7. The van der Waals surface area contributed by atoms with Crippen LogP contribution in [0, 0.1) is 6.92 Å². The highest BCUT2D eigenvalue weighted by Gasteiger charge is 2.28. The molecular formula is C25H25Cl2N3O2. The average molecular weight is 470 g/mol. The second kappa shape index (κ2) is 10.0. The fraction of sp³-hybridized carbons (Fsp3) is 0.280. The first-order chi connectivity index (χ1) is 15.5. The molecule has 5 nitrogen and oxygen atoms in total. The van der Waals surface area contributed by atoms with E-state index in [1.807, 2.05) is 67.4 Å². The number of rotatable bonds is 5. The Labute approximate surface area is 198 Å². The molecule has 3 aromatic rings. The molecule has 1 aliphatic rings. The average Bonchev–Trinajstić information content (AvgIpc) is 2.82. The van der Waals surface area contributed by atoms with Gasteiger partial charge in [-0.05, 0) is 31.5 Å². The molecule has 7 heteroatoms. The number of carbonyl (C=O) groups excluding carboxylic acids is 1. The van der Waals surface area contributed by atoms with Crippen LogP contribution in [0.2, 0.25) is 10.0 Å². The number of nitrogens with zero attached hydrogens (tertiary/aromatic N) is 3. The van der Waals surface area contributed by atoms with Gasteiger partial charge in [0.25, 0.3) is 5.91 Å². The zero-order valence-corrected chi connectivity index (χ0v) is 19.7. The molecule has 0 unspecified atom stereocenters. The maximum Gasteiger partial charge on any atom is 0.270 e. The Balaban J connectivity index is 1.89. The number of halogens is 2. The molecule has 0 aliphatic carbocycles. The third-order valence-corrected chi connectivity index (χ3v) is 6.41. The summed E-state index contributed by atoms with van der Waals surface area (Å²) in [7, 11) is 0. The fourth-order valence-corrected chi connectivity index (χ4v) is 4.42. The maximum absolute atomic E-state index is 13.9. The zero-order valence-electron chi connectivity index (χ0n) is 18.1. The van der Waals surface area contributed by atoms with Crippen LogP contribution >= 0.6 is 23.2 Å². The van der Waals surface area contributed by atoms with Crippen molar-refractivity contribution in [3.63, 3.8) is 0 Å². The van der Waals surface area contributed by atoms with Crippen molar-refractivity contribution >= 4 is 29.1 Å². The van der Waals surface area contributed by atoms with E-state index >= 15 is 0 Å². The van der Waals surface area contributed by atoms with E-state index in [4.69, 9.17) is 32.9 Å². The predicted molar refractivity (Wildman–Crippen MR) is 129 cm³/mol. The summed E-state index contributed by atoms with van der Waals surface area (Å²) in [6.45, 7) is 6.92. The van der Waals surface area contributed by atoms with Crippen LogP contribution in [0.4, 0.5) is 0 Å². The van der Waals surface area contributed by atoms with Crippen molar-refractivity contribution in [3.8, 4) is 22.4 Å². The van der Waals surface area contributed by atoms with Gasteiger partial charge in [-0.1, -0.05) is 65.7 Å². The number of carbonyl (C=O) groups is 1. The first kappa shape index (κ1) is 22.7. The van der Waals surface area contributed by atoms with Crippen LogP contribution in [-0.4, -0.2) is 53.8 Å². The summed E-state index contributed by atoms with van der Waals surface area (Å²) >= 11 is 13.0. The molecule has 1 saturated heterocycles. The summed E-state index contributed by atoms with van der Waals surface area (Å²) in [6.07, 6.45) is 0. The van der Waals surface area contributed by atoms with E-state index < -0.39 is 0 Å². The first-order valence-corrected chi connectivity index (χ1v) is 11.4. The van der Waals surface area contributed by atoms with Gasteiger partial charge >= 0.3 is 0 Å². The molecule has 2 heterocycles. The van der Waals surface area contributed by atoms with Gasteiger partial charge in [-0.25, -0.2) is 5.01 Å². The van der Waals surface area contributed by atoms with E-state index in [0.29, 0.717) is 59.7 Å². The predicted octanol–water partition coefficient (Wildman–Crippen LogP) is 5.74. The van der Waals surface area contributed by atoms with E-state index in [-0.39, 0.29) is 5.91 Å². The van der Waals surface area contributed by atoms with Crippen molar-refractivity contribution in [2.75, 3.05) is 32.8 Å². The van der Waals surface area contributed by atoms with Crippen LogP contribution in [0.1, 0.15) is 23.0 Å². The van der Waals surface area contributed by atoms with E-state index in [9.17, 15) is 4.79 Å². The number of benzene rings is 2. The Morgan fingerprint density at radius 2 is 1.78 bits per heavy atom. The van der Waals surface area contributed by atoms with Crippen molar-refractivity contribution in [3.05, 3.63) is 75.9 Å². The van der Waals surface area contributed by atoms with Gasteiger partial charge in [0, 0.05) is 30.8 Å². The summed E-state index contributed by atoms with van der Waals surface area (Å²) in [5.74, 6) is -0.106. The zero-order chi connectivity index (χ0) is 22.7. The number of hydrogen-bond donors (Lipinski definition) is 0. The number of amides is 1. The minimum Gasteiger partial charge on any atom is -0.379 e. The standard InChI is InChI=1S/C25H25Cl2N3O2/c1-3-30(29-12-14-32-15-13-29)25(31)23-17(2)28-22(18-8-5-4-6-9-18)16-20(23)19-10-7-11-21(26)24(19)27/h4-11,16H,3,12-15H2,1-2H3. The molecule has 0 atom stereocenters. The van der Waals surface area contributed by atoms with Gasteiger partial charge < -0.3 is 4.74 Å². The van der Waals surface area contributed by atoms with Crippen LogP contribution in [-0.2, 0) is 4.74 Å². The van der Waals surface area contributed by atoms with Crippen LogP contribution in [0.15, 0.2) is 54.6 Å². The molecular weight excluding hydrogens is 445 g/mol. The molecule has 1 aliphatic heterocycles. The van der Waals surface area contributed by atoms with E-state index in [0.717, 1.165) is 16.8 Å². The molecule has 32 heavy (non-hydrogen) atoms. The van der Waals surface area contributed by atoms with Gasteiger partial charge in [-0.2, -0.15) is 0 Å². The van der Waals surface area contributed by atoms with Gasteiger partial charge in [0.1, 0.15) is 0 Å². The van der Waals surface area contributed by atoms with Crippen molar-refractivity contribution in [1.82, 2.24) is 15.0 Å². The number of aromatic nitrogens is 1. The number of pyridine rings is 1. The van der Waals surface area contributed by atoms with E-state index in [2.05, 4.69) is 0 Å². The Hall–Kier alpha value is -2.44. The molecule has 1 aromatic heterocycles. The number of ether oxygens (including phenoxy) is 1. The van der Waals surface area contributed by atoms with Gasteiger partial charge in [0.15, 0.2) is 0 Å². The quantitative estimate of drug-likeness (QED) is 0.477. The third kappa shape index (κ3) is 4.52. The van der Waals surface area contributed by atoms with Crippen molar-refractivity contribution in [1.29, 1.82) is 0 Å². The highest BCUT2D eigenvalue weighted by Crippen LogP contribution is 2.38. The van der Waals surface area contributed by atoms with Crippen LogP contribution in [0.3, 0.4) is 0 Å². The highest BCUT2D eigenvalue weighted by atomic mass is 35.5. The largest absolute Gasteiger partial charge is 0.379 e. The Bertz CT molecular complexity index is 1120. The topological polar surface area (TPSA) is 45.7 Å². The van der Waals surface area contributed by atoms with Crippen molar-refractivity contribution < 1.29 is 9.53 Å². The number of hydrogen-bond acceptors (Lipinski definition) is 4.